The van der Waals surface area contributed by atoms with E-state index in [-0.39, 0.29) is 16.1 Å². The summed E-state index contributed by atoms with van der Waals surface area (Å²) < 4.78 is 22.4. The lowest BCUT2D eigenvalue weighted by atomic mass is 10.1. The largest absolute Gasteiger partial charge is 0.355 e. The van der Waals surface area contributed by atoms with Crippen LogP contribution in [-0.4, -0.2) is 26.1 Å². The van der Waals surface area contributed by atoms with Crippen LogP contribution in [-0.2, 0) is 27.0 Å². The third-order valence-electron chi connectivity index (χ3n) is 3.68. The zero-order valence-electron chi connectivity index (χ0n) is 14.0. The number of rotatable bonds is 8. The number of benzene rings is 2. The van der Waals surface area contributed by atoms with Crippen molar-refractivity contribution in [1.82, 2.24) is 5.32 Å². The van der Waals surface area contributed by atoms with Crippen LogP contribution in [0.2, 0.25) is 0 Å². The molecular formula is C18H22N2O3S2. The number of nitrogens with one attached hydrogen (secondary N) is 1. The minimum atomic E-state index is -3.67. The number of primary sulfonamides is 1. The molecule has 5 nitrogen and oxygen atoms in total. The van der Waals surface area contributed by atoms with Gasteiger partial charge in [-0.1, -0.05) is 42.5 Å². The molecule has 25 heavy (non-hydrogen) atoms. The Kier molecular flexibility index (Phi) is 7.04. The van der Waals surface area contributed by atoms with Crippen molar-refractivity contribution in [3.63, 3.8) is 0 Å². The topological polar surface area (TPSA) is 89.3 Å². The van der Waals surface area contributed by atoms with Gasteiger partial charge in [0.05, 0.1) is 10.1 Å². The van der Waals surface area contributed by atoms with Gasteiger partial charge in [-0.2, -0.15) is 0 Å². The molecule has 134 valence electrons. The molecule has 0 aliphatic rings. The lowest BCUT2D eigenvalue weighted by Crippen LogP contribution is -2.32. The lowest BCUT2D eigenvalue weighted by Gasteiger charge is -2.12. The summed E-state index contributed by atoms with van der Waals surface area (Å²) in [5, 5.41) is 7.84. The van der Waals surface area contributed by atoms with Gasteiger partial charge in [-0.3, -0.25) is 4.79 Å². The first-order chi connectivity index (χ1) is 11.9. The second-order valence-corrected chi connectivity index (χ2v) is 8.56. The quantitative estimate of drug-likeness (QED) is 0.738. The zero-order valence-corrected chi connectivity index (χ0v) is 15.6. The summed E-state index contributed by atoms with van der Waals surface area (Å²) in [5.74, 6) is 0.798. The fraction of sp³-hybridized carbons (Fsp3) is 0.278. The minimum absolute atomic E-state index is 0.00193. The Labute approximate surface area is 153 Å². The van der Waals surface area contributed by atoms with E-state index >= 15 is 0 Å². The summed E-state index contributed by atoms with van der Waals surface area (Å²) in [5.41, 5.74) is 2.14. The van der Waals surface area contributed by atoms with Crippen molar-refractivity contribution in [2.75, 3.05) is 6.54 Å². The fourth-order valence-electron chi connectivity index (χ4n) is 2.19. The van der Waals surface area contributed by atoms with Gasteiger partial charge in [-0.05, 0) is 36.6 Å². The maximum Gasteiger partial charge on any atom is 0.238 e. The molecule has 1 atom stereocenters. The number of carbonyl (C=O) groups is 1. The highest BCUT2D eigenvalue weighted by atomic mass is 32.2. The number of thioether (sulfide) groups is 1. The molecule has 3 N–H and O–H groups in total. The van der Waals surface area contributed by atoms with Gasteiger partial charge in [0.2, 0.25) is 15.9 Å². The van der Waals surface area contributed by atoms with E-state index in [1.54, 1.807) is 23.9 Å². The van der Waals surface area contributed by atoms with Crippen molar-refractivity contribution in [2.24, 2.45) is 5.14 Å². The molecule has 0 saturated carbocycles. The molecule has 0 bridgehead atoms. The van der Waals surface area contributed by atoms with Gasteiger partial charge in [0.15, 0.2) is 0 Å². The Morgan fingerprint density at radius 2 is 1.72 bits per heavy atom. The third kappa shape index (κ3) is 6.53. The van der Waals surface area contributed by atoms with Gasteiger partial charge in [0.1, 0.15) is 0 Å². The molecular weight excluding hydrogens is 356 g/mol. The summed E-state index contributed by atoms with van der Waals surface area (Å²) in [6.45, 7) is 2.40. The first-order valence-electron chi connectivity index (χ1n) is 7.91. The van der Waals surface area contributed by atoms with Gasteiger partial charge in [0, 0.05) is 12.3 Å². The predicted molar refractivity (Wildman–Crippen MR) is 102 cm³/mol. The third-order valence-corrected chi connectivity index (χ3v) is 5.82. The fourth-order valence-corrected chi connectivity index (χ4v) is 3.58. The maximum atomic E-state index is 12.1. The van der Waals surface area contributed by atoms with Gasteiger partial charge >= 0.3 is 0 Å². The second-order valence-electron chi connectivity index (χ2n) is 5.67. The number of carbonyl (C=O) groups excluding carboxylic acids is 1. The highest BCUT2D eigenvalue weighted by Crippen LogP contribution is 2.17. The summed E-state index contributed by atoms with van der Waals surface area (Å²) >= 11 is 1.60. The van der Waals surface area contributed by atoms with E-state index in [0.29, 0.717) is 13.0 Å². The first-order valence-corrected chi connectivity index (χ1v) is 10.5. The molecule has 0 fully saturated rings. The van der Waals surface area contributed by atoms with Crippen LogP contribution in [0.3, 0.4) is 0 Å². The molecule has 0 radical (unpaired) electrons. The van der Waals surface area contributed by atoms with Crippen LogP contribution < -0.4 is 10.5 Å². The lowest BCUT2D eigenvalue weighted by molar-refractivity contribution is -0.120. The highest BCUT2D eigenvalue weighted by molar-refractivity contribution is 7.99. The Morgan fingerprint density at radius 3 is 2.32 bits per heavy atom. The van der Waals surface area contributed by atoms with E-state index in [4.69, 9.17) is 5.14 Å². The molecule has 2 aromatic rings. The van der Waals surface area contributed by atoms with E-state index in [1.165, 1.54) is 17.7 Å². The molecule has 1 amide bonds. The Bertz CT molecular complexity index is 791. The van der Waals surface area contributed by atoms with Crippen LogP contribution >= 0.6 is 11.8 Å². The van der Waals surface area contributed by atoms with Crippen LogP contribution in [0.5, 0.6) is 0 Å². The zero-order chi connectivity index (χ0) is 18.3. The van der Waals surface area contributed by atoms with Crippen molar-refractivity contribution in [3.05, 3.63) is 65.7 Å². The van der Waals surface area contributed by atoms with Gasteiger partial charge in [0.25, 0.3) is 0 Å². The average Bonchev–Trinajstić information content (AvgIpc) is 2.60. The maximum absolute atomic E-state index is 12.1. The molecule has 0 unspecified atom stereocenters. The number of sulfonamides is 1. The molecule has 0 aliphatic heterocycles. The minimum Gasteiger partial charge on any atom is -0.355 e. The van der Waals surface area contributed by atoms with E-state index in [2.05, 4.69) is 5.32 Å². The summed E-state index contributed by atoms with van der Waals surface area (Å²) in [6, 6.07) is 16.4. The van der Waals surface area contributed by atoms with E-state index < -0.39 is 10.0 Å². The normalized spacial score (nSPS) is 12.6. The van der Waals surface area contributed by atoms with Gasteiger partial charge in [-0.25, -0.2) is 13.6 Å². The predicted octanol–water partition coefficient (Wildman–Crippen LogP) is 2.31. The smallest absolute Gasteiger partial charge is 0.238 e. The molecule has 0 heterocycles. The van der Waals surface area contributed by atoms with E-state index in [0.717, 1.165) is 11.3 Å². The summed E-state index contributed by atoms with van der Waals surface area (Å²) in [4.78, 5) is 12.2. The molecule has 2 aromatic carbocycles. The standard InChI is InChI=1S/C18H22N2O3S2/c1-14(24-13-16-5-3-2-4-6-16)18(21)20-12-11-15-7-9-17(10-8-15)25(19,22)23/h2-10,14H,11-13H2,1H3,(H,20,21)(H2,19,22,23)/t14-/m1/s1. The summed E-state index contributed by atoms with van der Waals surface area (Å²) in [7, 11) is -3.67. The van der Waals surface area contributed by atoms with Gasteiger partial charge in [-0.15, -0.1) is 11.8 Å². The Balaban J connectivity index is 1.74. The molecule has 0 spiro atoms. The van der Waals surface area contributed by atoms with Crippen LogP contribution in [0.4, 0.5) is 0 Å². The molecule has 7 heteroatoms. The second kappa shape index (κ2) is 9.03. The van der Waals surface area contributed by atoms with Gasteiger partial charge < -0.3 is 5.32 Å². The van der Waals surface area contributed by atoms with E-state index in [1.807, 2.05) is 37.3 Å². The Hall–Kier alpha value is -1.83. The average molecular weight is 379 g/mol. The van der Waals surface area contributed by atoms with Crippen molar-refractivity contribution < 1.29 is 13.2 Å². The number of amides is 1. The highest BCUT2D eigenvalue weighted by Gasteiger charge is 2.13. The molecule has 0 saturated heterocycles. The van der Waals surface area contributed by atoms with Crippen molar-refractivity contribution >= 4 is 27.7 Å². The van der Waals surface area contributed by atoms with Crippen molar-refractivity contribution in [3.8, 4) is 0 Å². The SMILES string of the molecule is C[C@@H](SCc1ccccc1)C(=O)NCCc1ccc(S(N)(=O)=O)cc1. The van der Waals surface area contributed by atoms with Crippen molar-refractivity contribution in [2.45, 2.75) is 29.2 Å². The van der Waals surface area contributed by atoms with Crippen molar-refractivity contribution in [1.29, 1.82) is 0 Å². The first kappa shape index (κ1) is 19.5. The Morgan fingerprint density at radius 1 is 1.08 bits per heavy atom. The van der Waals surface area contributed by atoms with E-state index in [9.17, 15) is 13.2 Å². The molecule has 0 aliphatic carbocycles. The monoisotopic (exact) mass is 378 g/mol. The number of hydrogen-bond donors (Lipinski definition) is 2. The number of nitrogens with two attached hydrogens (primary N) is 1. The summed E-state index contributed by atoms with van der Waals surface area (Å²) in [6.07, 6.45) is 0.632. The van der Waals surface area contributed by atoms with Crippen LogP contribution in [0.1, 0.15) is 18.1 Å². The molecule has 0 aromatic heterocycles. The van der Waals surface area contributed by atoms with Crippen LogP contribution in [0.15, 0.2) is 59.5 Å². The molecule has 2 rings (SSSR count). The van der Waals surface area contributed by atoms with Crippen LogP contribution in [0.25, 0.3) is 0 Å². The number of hydrogen-bond acceptors (Lipinski definition) is 4. The van der Waals surface area contributed by atoms with Crippen LogP contribution in [0, 0.1) is 0 Å².